The predicted molar refractivity (Wildman–Crippen MR) is 101 cm³/mol. The Kier molecular flexibility index (Phi) is 3.89. The number of hydrogen-bond acceptors (Lipinski definition) is 4. The van der Waals surface area contributed by atoms with Crippen LogP contribution >= 0.6 is 15.9 Å². The lowest BCUT2D eigenvalue weighted by Gasteiger charge is -2.06. The molecule has 4 aromatic rings. The van der Waals surface area contributed by atoms with Crippen molar-refractivity contribution in [3.63, 3.8) is 0 Å². The molecule has 7 nitrogen and oxygen atoms in total. The van der Waals surface area contributed by atoms with Crippen molar-refractivity contribution < 1.29 is 4.79 Å². The number of nitrogens with one attached hydrogen (secondary N) is 1. The van der Waals surface area contributed by atoms with Gasteiger partial charge in [-0.25, -0.2) is 19.3 Å². The average molecular weight is 410 g/mol. The Labute approximate surface area is 155 Å². The minimum Gasteiger partial charge on any atom is -0.364 e. The first-order valence-electron chi connectivity index (χ1n) is 7.68. The van der Waals surface area contributed by atoms with E-state index in [0.717, 1.165) is 4.47 Å². The van der Waals surface area contributed by atoms with Crippen molar-refractivity contribution in [3.8, 4) is 17.1 Å². The van der Waals surface area contributed by atoms with Crippen molar-refractivity contribution >= 4 is 33.0 Å². The van der Waals surface area contributed by atoms with Gasteiger partial charge in [-0.05, 0) is 24.3 Å². The maximum atomic E-state index is 12.5. The highest BCUT2D eigenvalue weighted by molar-refractivity contribution is 9.10. The summed E-state index contributed by atoms with van der Waals surface area (Å²) in [7, 11) is 0. The molecule has 2 aromatic carbocycles. The second-order valence-electron chi connectivity index (χ2n) is 5.57. The number of nitrogens with two attached hydrogens (primary N) is 1. The second kappa shape index (κ2) is 6.23. The third kappa shape index (κ3) is 2.70. The van der Waals surface area contributed by atoms with Crippen molar-refractivity contribution in [2.75, 3.05) is 0 Å². The van der Waals surface area contributed by atoms with Crippen LogP contribution in [-0.4, -0.2) is 25.4 Å². The Hall–Kier alpha value is -3.26. The van der Waals surface area contributed by atoms with E-state index in [1.165, 1.54) is 4.57 Å². The van der Waals surface area contributed by atoms with E-state index in [1.54, 1.807) is 12.1 Å². The number of aromatic amines is 1. The minimum atomic E-state index is -0.741. The van der Waals surface area contributed by atoms with Gasteiger partial charge < -0.3 is 10.7 Å². The molecule has 1 amide bonds. The number of hydrogen-bond donors (Lipinski definition) is 2. The monoisotopic (exact) mass is 409 g/mol. The Morgan fingerprint density at radius 1 is 1.08 bits per heavy atom. The molecule has 0 saturated carbocycles. The fourth-order valence-electron chi connectivity index (χ4n) is 2.74. The van der Waals surface area contributed by atoms with Crippen LogP contribution < -0.4 is 11.4 Å². The molecule has 26 heavy (non-hydrogen) atoms. The summed E-state index contributed by atoms with van der Waals surface area (Å²) in [5.41, 5.74) is 6.85. The number of rotatable bonds is 3. The van der Waals surface area contributed by atoms with E-state index in [0.29, 0.717) is 22.7 Å². The molecule has 128 valence electrons. The third-order valence-electron chi connectivity index (χ3n) is 3.87. The lowest BCUT2D eigenvalue weighted by Crippen LogP contribution is -2.15. The summed E-state index contributed by atoms with van der Waals surface area (Å²) in [4.78, 5) is 35.8. The van der Waals surface area contributed by atoms with Crippen LogP contribution in [0, 0.1) is 0 Å². The number of imidazole rings is 1. The number of carbonyl (C=O) groups is 1. The fourth-order valence-corrected chi connectivity index (χ4v) is 3.14. The number of nitrogens with zero attached hydrogens (tertiary/aromatic N) is 3. The van der Waals surface area contributed by atoms with Crippen LogP contribution in [0.4, 0.5) is 0 Å². The van der Waals surface area contributed by atoms with Gasteiger partial charge in [0.05, 0.1) is 5.69 Å². The molecule has 0 saturated heterocycles. The van der Waals surface area contributed by atoms with E-state index in [1.807, 2.05) is 42.5 Å². The summed E-state index contributed by atoms with van der Waals surface area (Å²) in [5.74, 6) is -0.439. The van der Waals surface area contributed by atoms with Crippen molar-refractivity contribution in [2.45, 2.75) is 0 Å². The first-order valence-corrected chi connectivity index (χ1v) is 8.48. The Morgan fingerprint density at radius 2 is 1.85 bits per heavy atom. The molecule has 0 aliphatic carbocycles. The largest absolute Gasteiger partial charge is 0.364 e. The van der Waals surface area contributed by atoms with Gasteiger partial charge in [0, 0.05) is 10.0 Å². The van der Waals surface area contributed by atoms with Crippen LogP contribution in [0.3, 0.4) is 0 Å². The molecule has 0 aliphatic rings. The molecule has 8 heteroatoms. The minimum absolute atomic E-state index is 0.0308. The molecule has 0 bridgehead atoms. The zero-order valence-electron chi connectivity index (χ0n) is 13.3. The molecular weight excluding hydrogens is 398 g/mol. The maximum Gasteiger partial charge on any atom is 0.332 e. The first kappa shape index (κ1) is 16.2. The summed E-state index contributed by atoms with van der Waals surface area (Å²) >= 11 is 3.40. The molecule has 3 N–H and O–H groups in total. The SMILES string of the molecule is NC(=O)c1nc(-c2cccc(Br)c2)nc2c1[nH]c(=O)n2-c1ccccc1. The summed E-state index contributed by atoms with van der Waals surface area (Å²) in [5, 5.41) is 0. The van der Waals surface area contributed by atoms with Gasteiger partial charge in [-0.1, -0.05) is 46.3 Å². The molecule has 2 aromatic heterocycles. The predicted octanol–water partition coefficient (Wildman–Crippen LogP) is 2.64. The number of fused-ring (bicyclic) bond motifs is 1. The van der Waals surface area contributed by atoms with E-state index in [2.05, 4.69) is 30.9 Å². The summed E-state index contributed by atoms with van der Waals surface area (Å²) in [6.07, 6.45) is 0. The number of primary amides is 1. The number of carbonyl (C=O) groups excluding carboxylic acids is 1. The fraction of sp³-hybridized carbons (Fsp3) is 0. The molecule has 0 atom stereocenters. The Bertz CT molecular complexity index is 1200. The molecule has 0 radical (unpaired) electrons. The van der Waals surface area contributed by atoms with Crippen LogP contribution in [0.25, 0.3) is 28.2 Å². The van der Waals surface area contributed by atoms with Gasteiger partial charge in [0.1, 0.15) is 5.52 Å². The molecular formula is C18H12BrN5O2. The highest BCUT2D eigenvalue weighted by Crippen LogP contribution is 2.24. The zero-order valence-corrected chi connectivity index (χ0v) is 14.9. The number of para-hydroxylation sites is 1. The van der Waals surface area contributed by atoms with Gasteiger partial charge in [0.2, 0.25) is 0 Å². The smallest absolute Gasteiger partial charge is 0.332 e. The van der Waals surface area contributed by atoms with E-state index in [4.69, 9.17) is 5.73 Å². The summed E-state index contributed by atoms with van der Waals surface area (Å²) < 4.78 is 2.24. The van der Waals surface area contributed by atoms with Gasteiger partial charge in [0.15, 0.2) is 17.2 Å². The number of halogens is 1. The van der Waals surface area contributed by atoms with Gasteiger partial charge in [0.25, 0.3) is 5.91 Å². The van der Waals surface area contributed by atoms with E-state index in [9.17, 15) is 9.59 Å². The zero-order chi connectivity index (χ0) is 18.3. The van der Waals surface area contributed by atoms with Gasteiger partial charge >= 0.3 is 5.69 Å². The highest BCUT2D eigenvalue weighted by atomic mass is 79.9. The van der Waals surface area contributed by atoms with E-state index in [-0.39, 0.29) is 11.2 Å². The van der Waals surface area contributed by atoms with Gasteiger partial charge in [-0.15, -0.1) is 0 Å². The molecule has 2 heterocycles. The van der Waals surface area contributed by atoms with Crippen LogP contribution in [0.5, 0.6) is 0 Å². The lowest BCUT2D eigenvalue weighted by molar-refractivity contribution is 0.0997. The Morgan fingerprint density at radius 3 is 2.54 bits per heavy atom. The second-order valence-corrected chi connectivity index (χ2v) is 6.49. The van der Waals surface area contributed by atoms with Gasteiger partial charge in [-0.3, -0.25) is 4.79 Å². The highest BCUT2D eigenvalue weighted by Gasteiger charge is 2.20. The number of aromatic nitrogens is 4. The van der Waals surface area contributed by atoms with E-state index < -0.39 is 11.6 Å². The van der Waals surface area contributed by atoms with Crippen molar-refractivity contribution in [1.82, 2.24) is 19.5 Å². The van der Waals surface area contributed by atoms with Crippen LogP contribution in [-0.2, 0) is 0 Å². The lowest BCUT2D eigenvalue weighted by atomic mass is 10.2. The quantitative estimate of drug-likeness (QED) is 0.542. The molecule has 4 rings (SSSR count). The molecule has 0 fully saturated rings. The summed E-state index contributed by atoms with van der Waals surface area (Å²) in [6.45, 7) is 0. The van der Waals surface area contributed by atoms with Crippen LogP contribution in [0.15, 0.2) is 63.9 Å². The number of H-pyrrole nitrogens is 1. The molecule has 0 unspecified atom stereocenters. The van der Waals surface area contributed by atoms with E-state index >= 15 is 0 Å². The average Bonchev–Trinajstić information content (AvgIpc) is 2.97. The molecule has 0 spiro atoms. The van der Waals surface area contributed by atoms with Crippen molar-refractivity contribution in [2.24, 2.45) is 5.73 Å². The Balaban J connectivity index is 2.08. The normalized spacial score (nSPS) is 11.0. The maximum absolute atomic E-state index is 12.5. The van der Waals surface area contributed by atoms with Gasteiger partial charge in [-0.2, -0.15) is 0 Å². The number of amides is 1. The van der Waals surface area contributed by atoms with Crippen molar-refractivity contribution in [3.05, 3.63) is 75.2 Å². The van der Waals surface area contributed by atoms with Crippen LogP contribution in [0.1, 0.15) is 10.5 Å². The van der Waals surface area contributed by atoms with Crippen LogP contribution in [0.2, 0.25) is 0 Å². The van der Waals surface area contributed by atoms with Crippen molar-refractivity contribution in [1.29, 1.82) is 0 Å². The first-order chi connectivity index (χ1) is 12.5. The molecule has 0 aliphatic heterocycles. The third-order valence-corrected chi connectivity index (χ3v) is 4.36. The topological polar surface area (TPSA) is 107 Å². The summed E-state index contributed by atoms with van der Waals surface area (Å²) in [6, 6.07) is 16.4. The number of benzene rings is 2. The standard InChI is InChI=1S/C18H12BrN5O2/c19-11-6-4-5-10(9-11)16-21-13(15(20)25)14-17(23-16)24(18(26)22-14)12-7-2-1-3-8-12/h1-9H,(H2,20,25)(H,22,26).